The topological polar surface area (TPSA) is 61.9 Å². The van der Waals surface area contributed by atoms with E-state index in [-0.39, 0.29) is 28.7 Å². The second kappa shape index (κ2) is 9.60. The third kappa shape index (κ3) is 5.09. The first-order valence-corrected chi connectivity index (χ1v) is 10.3. The van der Waals surface area contributed by atoms with E-state index in [1.807, 2.05) is 6.92 Å². The summed E-state index contributed by atoms with van der Waals surface area (Å²) < 4.78 is 57.2. The number of para-hydroxylation sites is 2. The number of halogens is 3. The number of alkyl halides is 2. The number of piperazine rings is 1. The van der Waals surface area contributed by atoms with E-state index in [9.17, 15) is 17.2 Å². The highest BCUT2D eigenvalue weighted by molar-refractivity contribution is 7.92. The maximum atomic E-state index is 13.2. The summed E-state index contributed by atoms with van der Waals surface area (Å²) in [6.45, 7) is 2.11. The van der Waals surface area contributed by atoms with E-state index in [2.05, 4.69) is 15.0 Å². The molecule has 3 rings (SSSR count). The van der Waals surface area contributed by atoms with Gasteiger partial charge in [-0.3, -0.25) is 4.31 Å². The molecule has 10 heteroatoms. The quantitative estimate of drug-likeness (QED) is 0.736. The standard InChI is InChI=1S/C19H23F2N3O3S.ClH/c1-14-7-8-15(13-17(14)24-11-9-22-10-12-24)28(25,26)23(2)16-5-3-4-6-18(16)27-19(20)21;/h3-8,13,19,22H,9-12H2,1-2H3;1H. The zero-order valence-corrected chi connectivity index (χ0v) is 17.8. The maximum absolute atomic E-state index is 13.2. The molecule has 0 amide bonds. The number of anilines is 2. The lowest BCUT2D eigenvalue weighted by molar-refractivity contribution is -0.0494. The van der Waals surface area contributed by atoms with E-state index in [4.69, 9.17) is 0 Å². The predicted molar refractivity (Wildman–Crippen MR) is 112 cm³/mol. The molecule has 6 nitrogen and oxygen atoms in total. The van der Waals surface area contributed by atoms with Gasteiger partial charge in [0.2, 0.25) is 0 Å². The third-order valence-electron chi connectivity index (χ3n) is 4.72. The van der Waals surface area contributed by atoms with Crippen LogP contribution in [0.4, 0.5) is 20.2 Å². The largest absolute Gasteiger partial charge is 0.433 e. The van der Waals surface area contributed by atoms with Crippen molar-refractivity contribution < 1.29 is 21.9 Å². The Labute approximate surface area is 175 Å². The van der Waals surface area contributed by atoms with Crippen LogP contribution in [-0.2, 0) is 10.0 Å². The van der Waals surface area contributed by atoms with Gasteiger partial charge in [0.25, 0.3) is 10.0 Å². The highest BCUT2D eigenvalue weighted by Crippen LogP contribution is 2.33. The molecule has 160 valence electrons. The zero-order chi connectivity index (χ0) is 20.3. The number of rotatable bonds is 6. The summed E-state index contributed by atoms with van der Waals surface area (Å²) in [6.07, 6.45) is 0. The molecule has 0 radical (unpaired) electrons. The highest BCUT2D eigenvalue weighted by atomic mass is 35.5. The summed E-state index contributed by atoms with van der Waals surface area (Å²) >= 11 is 0. The molecular formula is C19H24ClF2N3O3S. The SMILES string of the molecule is Cc1ccc(S(=O)(=O)N(C)c2ccccc2OC(F)F)cc1N1CCNCC1.Cl. The van der Waals surface area contributed by atoms with E-state index >= 15 is 0 Å². The molecule has 0 aliphatic carbocycles. The first-order valence-electron chi connectivity index (χ1n) is 8.90. The van der Waals surface area contributed by atoms with E-state index in [1.165, 1.54) is 31.3 Å². The number of aryl methyl sites for hydroxylation is 1. The molecule has 0 aromatic heterocycles. The Morgan fingerprint density at radius 1 is 1.14 bits per heavy atom. The van der Waals surface area contributed by atoms with Crippen LogP contribution < -0.4 is 19.3 Å². The number of hydrogen-bond acceptors (Lipinski definition) is 5. The van der Waals surface area contributed by atoms with E-state index < -0.39 is 16.6 Å². The fraction of sp³-hybridized carbons (Fsp3) is 0.368. The van der Waals surface area contributed by atoms with Gasteiger partial charge in [0.05, 0.1) is 10.6 Å². The molecule has 1 aliphatic heterocycles. The third-order valence-corrected chi connectivity index (χ3v) is 6.48. The molecule has 1 heterocycles. The van der Waals surface area contributed by atoms with E-state index in [0.717, 1.165) is 41.7 Å². The molecule has 0 saturated carbocycles. The van der Waals surface area contributed by atoms with Gasteiger partial charge in [-0.05, 0) is 36.8 Å². The van der Waals surface area contributed by atoms with Gasteiger partial charge in [0.15, 0.2) is 0 Å². The van der Waals surface area contributed by atoms with Crippen molar-refractivity contribution in [3.8, 4) is 5.75 Å². The van der Waals surface area contributed by atoms with Crippen LogP contribution >= 0.6 is 12.4 Å². The molecule has 2 aromatic rings. The smallest absolute Gasteiger partial charge is 0.387 e. The average molecular weight is 448 g/mol. The summed E-state index contributed by atoms with van der Waals surface area (Å²) in [5, 5.41) is 3.27. The Kier molecular flexibility index (Phi) is 7.67. The minimum atomic E-state index is -3.96. The van der Waals surface area contributed by atoms with Crippen molar-refractivity contribution in [3.05, 3.63) is 48.0 Å². The molecule has 1 saturated heterocycles. The van der Waals surface area contributed by atoms with Gasteiger partial charge < -0.3 is 15.0 Å². The minimum Gasteiger partial charge on any atom is -0.433 e. The number of benzene rings is 2. The molecule has 29 heavy (non-hydrogen) atoms. The number of hydrogen-bond donors (Lipinski definition) is 1. The summed E-state index contributed by atoms with van der Waals surface area (Å²) in [7, 11) is -2.64. The second-order valence-corrected chi connectivity index (χ2v) is 8.47. The van der Waals surface area contributed by atoms with Crippen LogP contribution in [0.2, 0.25) is 0 Å². The Morgan fingerprint density at radius 2 is 1.79 bits per heavy atom. The van der Waals surface area contributed by atoms with Crippen molar-refractivity contribution >= 4 is 33.8 Å². The van der Waals surface area contributed by atoms with E-state index in [1.54, 1.807) is 18.2 Å². The normalized spacial score (nSPS) is 14.4. The van der Waals surface area contributed by atoms with Gasteiger partial charge in [-0.25, -0.2) is 8.42 Å². The molecule has 1 fully saturated rings. The summed E-state index contributed by atoms with van der Waals surface area (Å²) in [6, 6.07) is 10.8. The van der Waals surface area contributed by atoms with Gasteiger partial charge in [0, 0.05) is 38.9 Å². The van der Waals surface area contributed by atoms with Crippen LogP contribution in [0.15, 0.2) is 47.4 Å². The Hall–Kier alpha value is -2.10. The summed E-state index contributed by atoms with van der Waals surface area (Å²) in [5.41, 5.74) is 1.88. The van der Waals surface area contributed by atoms with Crippen molar-refractivity contribution in [2.24, 2.45) is 0 Å². The van der Waals surface area contributed by atoms with Crippen molar-refractivity contribution in [2.45, 2.75) is 18.4 Å². The molecule has 0 atom stereocenters. The molecule has 1 N–H and O–H groups in total. The zero-order valence-electron chi connectivity index (χ0n) is 16.1. The lowest BCUT2D eigenvalue weighted by Gasteiger charge is -2.31. The van der Waals surface area contributed by atoms with Crippen LogP contribution in [0.1, 0.15) is 5.56 Å². The van der Waals surface area contributed by atoms with Crippen LogP contribution in [0, 0.1) is 6.92 Å². The Morgan fingerprint density at radius 3 is 2.45 bits per heavy atom. The molecule has 0 unspecified atom stereocenters. The first-order chi connectivity index (χ1) is 13.3. The predicted octanol–water partition coefficient (Wildman–Crippen LogP) is 3.25. The van der Waals surface area contributed by atoms with Gasteiger partial charge in [-0.2, -0.15) is 8.78 Å². The van der Waals surface area contributed by atoms with Crippen molar-refractivity contribution in [3.63, 3.8) is 0 Å². The lowest BCUT2D eigenvalue weighted by atomic mass is 10.1. The first kappa shape index (κ1) is 23.2. The van der Waals surface area contributed by atoms with Gasteiger partial charge >= 0.3 is 6.61 Å². The number of nitrogens with one attached hydrogen (secondary N) is 1. The van der Waals surface area contributed by atoms with Crippen LogP contribution in [0.25, 0.3) is 0 Å². The van der Waals surface area contributed by atoms with Gasteiger partial charge in [-0.15, -0.1) is 12.4 Å². The Bertz CT molecular complexity index is 938. The van der Waals surface area contributed by atoms with Crippen LogP contribution in [-0.4, -0.2) is 48.3 Å². The Balaban J connectivity index is 0.00000300. The molecule has 1 aliphatic rings. The maximum Gasteiger partial charge on any atom is 0.387 e. The monoisotopic (exact) mass is 447 g/mol. The molecule has 2 aromatic carbocycles. The van der Waals surface area contributed by atoms with Crippen molar-refractivity contribution in [1.82, 2.24) is 5.32 Å². The van der Waals surface area contributed by atoms with Crippen molar-refractivity contribution in [2.75, 3.05) is 42.4 Å². The van der Waals surface area contributed by atoms with Crippen molar-refractivity contribution in [1.29, 1.82) is 0 Å². The number of sulfonamides is 1. The molecular weight excluding hydrogens is 424 g/mol. The summed E-state index contributed by atoms with van der Waals surface area (Å²) in [5.74, 6) is -0.196. The van der Waals surface area contributed by atoms with Crippen LogP contribution in [0.5, 0.6) is 5.75 Å². The van der Waals surface area contributed by atoms with Gasteiger partial charge in [-0.1, -0.05) is 18.2 Å². The highest BCUT2D eigenvalue weighted by Gasteiger charge is 2.26. The fourth-order valence-electron chi connectivity index (χ4n) is 3.20. The average Bonchev–Trinajstić information content (AvgIpc) is 2.68. The second-order valence-electron chi connectivity index (χ2n) is 6.50. The minimum absolute atomic E-state index is 0. The molecule has 0 spiro atoms. The number of nitrogens with zero attached hydrogens (tertiary/aromatic N) is 2. The fourth-order valence-corrected chi connectivity index (χ4v) is 4.42. The molecule has 0 bridgehead atoms. The van der Waals surface area contributed by atoms with E-state index in [0.29, 0.717) is 0 Å². The number of ether oxygens (including phenoxy) is 1. The summed E-state index contributed by atoms with van der Waals surface area (Å²) in [4.78, 5) is 2.24. The van der Waals surface area contributed by atoms with Gasteiger partial charge in [0.1, 0.15) is 5.75 Å². The van der Waals surface area contributed by atoms with Crippen LogP contribution in [0.3, 0.4) is 0 Å². The lowest BCUT2D eigenvalue weighted by Crippen LogP contribution is -2.43.